The van der Waals surface area contributed by atoms with E-state index in [9.17, 15) is 9.18 Å². The molecule has 0 spiro atoms. The van der Waals surface area contributed by atoms with E-state index in [-0.39, 0.29) is 29.2 Å². The first-order valence-corrected chi connectivity index (χ1v) is 11.4. The Bertz CT molecular complexity index is 1030. The molecule has 0 aliphatic carbocycles. The lowest BCUT2D eigenvalue weighted by Crippen LogP contribution is -2.53. The zero-order valence-electron chi connectivity index (χ0n) is 18.5. The molecule has 0 radical (unpaired) electrons. The Balaban J connectivity index is 1.30. The highest BCUT2D eigenvalue weighted by Crippen LogP contribution is 2.41. The van der Waals surface area contributed by atoms with Gasteiger partial charge in [0.05, 0.1) is 0 Å². The Morgan fingerprint density at radius 3 is 2.09 bits per heavy atom. The van der Waals surface area contributed by atoms with Crippen LogP contribution in [0.3, 0.4) is 0 Å². The van der Waals surface area contributed by atoms with Gasteiger partial charge in [-0.25, -0.2) is 4.39 Å². The van der Waals surface area contributed by atoms with E-state index in [1.54, 1.807) is 0 Å². The van der Waals surface area contributed by atoms with Gasteiger partial charge in [0.2, 0.25) is 5.91 Å². The standard InChI is InChI=1S/C28H29FN2O/c1-28-17-25(19-30(28)18-21-12-14-24(29)15-13-21)31(20-28)27(32)16-26(22-8-4-2-5-9-22)23-10-6-3-7-11-23/h2-15,25-26H,16-20H2,1H3/t25-,28?/m1/s1. The van der Waals surface area contributed by atoms with Gasteiger partial charge in [-0.2, -0.15) is 0 Å². The normalized spacial score (nSPS) is 22.6. The molecule has 3 aromatic carbocycles. The van der Waals surface area contributed by atoms with Crippen molar-refractivity contribution in [2.24, 2.45) is 0 Å². The van der Waals surface area contributed by atoms with E-state index in [4.69, 9.17) is 0 Å². The van der Waals surface area contributed by atoms with Crippen LogP contribution in [0.4, 0.5) is 4.39 Å². The molecule has 0 N–H and O–H groups in total. The maximum Gasteiger partial charge on any atom is 0.223 e. The van der Waals surface area contributed by atoms with Crippen LogP contribution in [0.25, 0.3) is 0 Å². The zero-order chi connectivity index (χ0) is 22.1. The third kappa shape index (κ3) is 4.07. The summed E-state index contributed by atoms with van der Waals surface area (Å²) in [5, 5.41) is 0. The highest BCUT2D eigenvalue weighted by atomic mass is 19.1. The molecule has 2 atom stereocenters. The summed E-state index contributed by atoms with van der Waals surface area (Å²) < 4.78 is 13.3. The third-order valence-electron chi connectivity index (χ3n) is 7.21. The van der Waals surface area contributed by atoms with Gasteiger partial charge in [0.1, 0.15) is 5.82 Å². The van der Waals surface area contributed by atoms with Gasteiger partial charge in [0.25, 0.3) is 0 Å². The van der Waals surface area contributed by atoms with Crippen LogP contribution in [0.15, 0.2) is 84.9 Å². The van der Waals surface area contributed by atoms with Gasteiger partial charge in [0, 0.05) is 43.6 Å². The second-order valence-corrected chi connectivity index (χ2v) is 9.46. The number of carbonyl (C=O) groups is 1. The largest absolute Gasteiger partial charge is 0.336 e. The van der Waals surface area contributed by atoms with Crippen molar-refractivity contribution in [3.05, 3.63) is 107 Å². The number of amides is 1. The van der Waals surface area contributed by atoms with E-state index in [1.807, 2.05) is 48.5 Å². The Morgan fingerprint density at radius 2 is 1.56 bits per heavy atom. The number of benzene rings is 3. The van der Waals surface area contributed by atoms with Gasteiger partial charge in [-0.05, 0) is 42.2 Å². The van der Waals surface area contributed by atoms with Crippen molar-refractivity contribution in [1.29, 1.82) is 0 Å². The van der Waals surface area contributed by atoms with E-state index in [1.165, 1.54) is 23.3 Å². The number of hydrogen-bond donors (Lipinski definition) is 0. The average molecular weight is 429 g/mol. The van der Waals surface area contributed by atoms with Crippen LogP contribution in [0.1, 0.15) is 42.4 Å². The fourth-order valence-corrected chi connectivity index (χ4v) is 5.49. The van der Waals surface area contributed by atoms with Gasteiger partial charge in [-0.3, -0.25) is 9.69 Å². The first-order chi connectivity index (χ1) is 15.5. The van der Waals surface area contributed by atoms with Crippen molar-refractivity contribution in [3.63, 3.8) is 0 Å². The van der Waals surface area contributed by atoms with Gasteiger partial charge >= 0.3 is 0 Å². The minimum Gasteiger partial charge on any atom is -0.336 e. The first-order valence-electron chi connectivity index (χ1n) is 11.4. The number of nitrogens with zero attached hydrogens (tertiary/aromatic N) is 2. The Hall–Kier alpha value is -2.98. The molecule has 1 unspecified atom stereocenters. The van der Waals surface area contributed by atoms with Gasteiger partial charge in [-0.1, -0.05) is 72.8 Å². The summed E-state index contributed by atoms with van der Waals surface area (Å²) in [6.45, 7) is 4.69. The topological polar surface area (TPSA) is 23.6 Å². The minimum absolute atomic E-state index is 0.0241. The van der Waals surface area contributed by atoms with Crippen LogP contribution in [0.5, 0.6) is 0 Å². The molecule has 2 saturated heterocycles. The third-order valence-corrected chi connectivity index (χ3v) is 7.21. The Kier molecular flexibility index (Phi) is 5.56. The SMILES string of the molecule is CC12C[C@H](CN1Cc1ccc(F)cc1)N(C(=O)CC(c1ccccc1)c1ccccc1)C2. The summed E-state index contributed by atoms with van der Waals surface area (Å²) in [6, 6.07) is 27.7. The molecule has 5 rings (SSSR count). The second-order valence-electron chi connectivity index (χ2n) is 9.46. The molecule has 2 aliphatic rings. The van der Waals surface area contributed by atoms with Crippen molar-refractivity contribution >= 4 is 5.91 Å². The number of likely N-dealkylation sites (tertiary alicyclic amines) is 2. The highest BCUT2D eigenvalue weighted by molar-refractivity contribution is 5.79. The van der Waals surface area contributed by atoms with Gasteiger partial charge < -0.3 is 4.90 Å². The van der Waals surface area contributed by atoms with Crippen molar-refractivity contribution in [3.8, 4) is 0 Å². The fraction of sp³-hybridized carbons (Fsp3) is 0.321. The molecular weight excluding hydrogens is 399 g/mol. The fourth-order valence-electron chi connectivity index (χ4n) is 5.49. The maximum atomic E-state index is 13.5. The zero-order valence-corrected chi connectivity index (χ0v) is 18.5. The molecule has 0 aromatic heterocycles. The van der Waals surface area contributed by atoms with Crippen molar-refractivity contribution in [2.45, 2.75) is 43.8 Å². The first kappa shape index (κ1) is 20.9. The summed E-state index contributed by atoms with van der Waals surface area (Å²) in [4.78, 5) is 18.1. The van der Waals surface area contributed by atoms with Crippen molar-refractivity contribution in [2.75, 3.05) is 13.1 Å². The van der Waals surface area contributed by atoms with Crippen LogP contribution in [-0.2, 0) is 11.3 Å². The summed E-state index contributed by atoms with van der Waals surface area (Å²) in [5.74, 6) is 0.0936. The number of fused-ring (bicyclic) bond motifs is 2. The van der Waals surface area contributed by atoms with Crippen LogP contribution >= 0.6 is 0 Å². The van der Waals surface area contributed by atoms with Gasteiger partial charge in [0.15, 0.2) is 0 Å². The smallest absolute Gasteiger partial charge is 0.223 e. The number of rotatable bonds is 6. The summed E-state index contributed by atoms with van der Waals surface area (Å²) in [6.07, 6.45) is 1.49. The molecule has 2 aliphatic heterocycles. The van der Waals surface area contributed by atoms with Crippen molar-refractivity contribution < 1.29 is 9.18 Å². The van der Waals surface area contributed by atoms with Crippen LogP contribution in [0.2, 0.25) is 0 Å². The van der Waals surface area contributed by atoms with E-state index in [0.717, 1.165) is 31.6 Å². The quantitative estimate of drug-likeness (QED) is 0.537. The predicted octanol–water partition coefficient (Wildman–Crippen LogP) is 5.22. The number of carbonyl (C=O) groups excluding carboxylic acids is 1. The van der Waals surface area contributed by atoms with Crippen molar-refractivity contribution in [1.82, 2.24) is 9.80 Å². The molecule has 32 heavy (non-hydrogen) atoms. The molecule has 3 aromatic rings. The average Bonchev–Trinajstić information content (AvgIpc) is 3.32. The highest BCUT2D eigenvalue weighted by Gasteiger charge is 2.52. The van der Waals surface area contributed by atoms with Crippen LogP contribution in [-0.4, -0.2) is 40.4 Å². The second kappa shape index (κ2) is 8.51. The molecule has 2 fully saturated rings. The Labute approximate surface area is 189 Å². The lowest BCUT2D eigenvalue weighted by molar-refractivity contribution is -0.134. The number of piperazine rings is 1. The molecule has 3 nitrogen and oxygen atoms in total. The minimum atomic E-state index is -0.203. The number of halogens is 1. The summed E-state index contributed by atoms with van der Waals surface area (Å²) in [7, 11) is 0. The molecule has 2 heterocycles. The maximum absolute atomic E-state index is 13.5. The number of hydrogen-bond acceptors (Lipinski definition) is 2. The van der Waals surface area contributed by atoms with E-state index in [0.29, 0.717) is 6.42 Å². The monoisotopic (exact) mass is 428 g/mol. The van der Waals surface area contributed by atoms with E-state index >= 15 is 0 Å². The van der Waals surface area contributed by atoms with Gasteiger partial charge in [-0.15, -0.1) is 0 Å². The molecule has 2 bridgehead atoms. The van der Waals surface area contributed by atoms with Crippen LogP contribution < -0.4 is 0 Å². The Morgan fingerprint density at radius 1 is 0.969 bits per heavy atom. The lowest BCUT2D eigenvalue weighted by atomic mass is 9.88. The molecular formula is C28H29FN2O. The van der Waals surface area contributed by atoms with E-state index in [2.05, 4.69) is 41.0 Å². The molecule has 1 amide bonds. The summed E-state index contributed by atoms with van der Waals surface area (Å²) >= 11 is 0. The predicted molar refractivity (Wildman–Crippen MR) is 125 cm³/mol. The lowest BCUT2D eigenvalue weighted by Gasteiger charge is -2.40. The summed E-state index contributed by atoms with van der Waals surface area (Å²) in [5.41, 5.74) is 3.45. The molecule has 4 heteroatoms. The van der Waals surface area contributed by atoms with Crippen LogP contribution in [0, 0.1) is 5.82 Å². The molecule has 164 valence electrons. The van der Waals surface area contributed by atoms with E-state index < -0.39 is 0 Å². The molecule has 0 saturated carbocycles.